The fourth-order valence-electron chi connectivity index (χ4n) is 3.35. The number of alkyl halides is 3. The number of phenolic OH excluding ortho intramolecular Hbond substituents is 1. The van der Waals surface area contributed by atoms with Crippen LogP contribution >= 0.6 is 31.9 Å². The van der Waals surface area contributed by atoms with Crippen LogP contribution in [0.2, 0.25) is 0 Å². The van der Waals surface area contributed by atoms with Gasteiger partial charge in [-0.3, -0.25) is 4.90 Å². The average Bonchev–Trinajstić information content (AvgIpc) is 2.69. The van der Waals surface area contributed by atoms with Crippen LogP contribution in [0.3, 0.4) is 0 Å². The molecule has 1 atom stereocenters. The molecule has 3 rings (SSSR count). The Morgan fingerprint density at radius 2 is 1.72 bits per heavy atom. The molecule has 0 unspecified atom stereocenters. The second-order valence-corrected chi connectivity index (χ2v) is 8.04. The predicted molar refractivity (Wildman–Crippen MR) is 109 cm³/mol. The Morgan fingerprint density at radius 3 is 2.28 bits per heavy atom. The molecule has 1 aliphatic heterocycles. The largest absolute Gasteiger partial charge is 0.573 e. The number of aromatic hydroxyl groups is 1. The molecule has 158 valence electrons. The third-order valence-electron chi connectivity index (χ3n) is 4.63. The number of halogens is 5. The van der Waals surface area contributed by atoms with Crippen LogP contribution in [0, 0.1) is 0 Å². The van der Waals surface area contributed by atoms with Gasteiger partial charge in [-0.2, -0.15) is 0 Å². The molecule has 1 aliphatic rings. The van der Waals surface area contributed by atoms with E-state index in [1.54, 1.807) is 18.2 Å². The summed E-state index contributed by atoms with van der Waals surface area (Å²) in [4.78, 5) is 2.22. The van der Waals surface area contributed by atoms with Gasteiger partial charge in [0.25, 0.3) is 0 Å². The van der Waals surface area contributed by atoms with Crippen LogP contribution in [0.1, 0.15) is 17.2 Å². The second-order valence-electron chi connectivity index (χ2n) is 6.45. The lowest BCUT2D eigenvalue weighted by Crippen LogP contribution is -2.45. The monoisotopic (exact) mass is 538 g/mol. The summed E-state index contributed by atoms with van der Waals surface area (Å²) in [7, 11) is 1.46. The molecule has 29 heavy (non-hydrogen) atoms. The Balaban J connectivity index is 2.06. The zero-order chi connectivity index (χ0) is 21.2. The van der Waals surface area contributed by atoms with Gasteiger partial charge < -0.3 is 19.9 Å². The molecule has 0 spiro atoms. The minimum Gasteiger partial charge on any atom is -0.503 e. The molecule has 10 heteroatoms. The van der Waals surface area contributed by atoms with Crippen molar-refractivity contribution in [1.29, 1.82) is 0 Å². The summed E-state index contributed by atoms with van der Waals surface area (Å²) < 4.78 is 47.8. The summed E-state index contributed by atoms with van der Waals surface area (Å²) in [6.45, 7) is 3.08. The maximum absolute atomic E-state index is 12.5. The molecule has 0 aromatic heterocycles. The minimum absolute atomic E-state index is 0.0314. The average molecular weight is 540 g/mol. The molecule has 5 nitrogen and oxygen atoms in total. The molecule has 0 bridgehead atoms. The number of methoxy groups -OCH3 is 1. The first kappa shape index (κ1) is 22.2. The Morgan fingerprint density at radius 1 is 1.10 bits per heavy atom. The van der Waals surface area contributed by atoms with Crippen molar-refractivity contribution in [1.82, 2.24) is 10.2 Å². The molecule has 2 aromatic rings. The van der Waals surface area contributed by atoms with Crippen LogP contribution in [0.5, 0.6) is 17.2 Å². The molecule has 0 saturated carbocycles. The Labute approximate surface area is 183 Å². The van der Waals surface area contributed by atoms with Crippen LogP contribution in [-0.4, -0.2) is 49.7 Å². The van der Waals surface area contributed by atoms with Gasteiger partial charge in [-0.15, -0.1) is 13.2 Å². The number of nitrogens with one attached hydrogen (secondary N) is 1. The van der Waals surface area contributed by atoms with Gasteiger partial charge in [-0.1, -0.05) is 12.1 Å². The Hall–Kier alpha value is -1.49. The van der Waals surface area contributed by atoms with E-state index in [9.17, 15) is 18.3 Å². The van der Waals surface area contributed by atoms with Crippen molar-refractivity contribution in [3.05, 3.63) is 50.4 Å². The third kappa shape index (κ3) is 5.17. The van der Waals surface area contributed by atoms with Crippen LogP contribution in [0.15, 0.2) is 39.3 Å². The van der Waals surface area contributed by atoms with Gasteiger partial charge in [-0.25, -0.2) is 0 Å². The lowest BCUT2D eigenvalue weighted by atomic mass is 9.96. The Bertz CT molecular complexity index is 857. The van der Waals surface area contributed by atoms with Crippen molar-refractivity contribution in [3.63, 3.8) is 0 Å². The van der Waals surface area contributed by atoms with Gasteiger partial charge in [0.1, 0.15) is 5.75 Å². The fraction of sp³-hybridized carbons (Fsp3) is 0.368. The van der Waals surface area contributed by atoms with Crippen LogP contribution in [-0.2, 0) is 0 Å². The maximum Gasteiger partial charge on any atom is 0.573 e. The molecule has 2 N–H and O–H groups in total. The first-order valence-corrected chi connectivity index (χ1v) is 10.3. The lowest BCUT2D eigenvalue weighted by Gasteiger charge is -2.36. The van der Waals surface area contributed by atoms with E-state index in [1.165, 1.54) is 19.2 Å². The number of piperazine rings is 1. The topological polar surface area (TPSA) is 54.0 Å². The van der Waals surface area contributed by atoms with Gasteiger partial charge in [-0.05, 0) is 61.2 Å². The van der Waals surface area contributed by atoms with E-state index in [0.29, 0.717) is 14.7 Å². The molecule has 0 radical (unpaired) electrons. The quantitative estimate of drug-likeness (QED) is 0.570. The van der Waals surface area contributed by atoms with E-state index in [0.717, 1.165) is 37.3 Å². The number of nitrogens with zero attached hydrogens (tertiary/aromatic N) is 1. The normalized spacial score (nSPS) is 16.5. The molecule has 0 amide bonds. The van der Waals surface area contributed by atoms with E-state index in [2.05, 4.69) is 46.8 Å². The van der Waals surface area contributed by atoms with Gasteiger partial charge in [0.15, 0.2) is 11.5 Å². The molecule has 0 aliphatic carbocycles. The summed E-state index contributed by atoms with van der Waals surface area (Å²) in [6.07, 6.45) is -4.74. The Kier molecular flexibility index (Phi) is 6.98. The minimum atomic E-state index is -4.74. The standard InChI is InChI=1S/C19H19Br2F3N2O3/c1-28-14-10-13(15(20)16(21)18(14)27)17(26-8-6-25-7-9-26)11-2-4-12(5-3-11)29-19(22,23)24/h2-5,10,17,25,27H,6-9H2,1H3/t17-/m1/s1. The van der Waals surface area contributed by atoms with Crippen molar-refractivity contribution < 1.29 is 27.8 Å². The number of benzene rings is 2. The molecular formula is C19H19Br2F3N2O3. The van der Waals surface area contributed by atoms with Gasteiger partial charge in [0.2, 0.25) is 0 Å². The first-order valence-electron chi connectivity index (χ1n) is 8.76. The van der Waals surface area contributed by atoms with E-state index in [4.69, 9.17) is 4.74 Å². The van der Waals surface area contributed by atoms with E-state index in [-0.39, 0.29) is 17.5 Å². The summed E-state index contributed by atoms with van der Waals surface area (Å²) >= 11 is 6.91. The molecule has 1 saturated heterocycles. The zero-order valence-electron chi connectivity index (χ0n) is 15.4. The number of ether oxygens (including phenoxy) is 2. The van der Waals surface area contributed by atoms with Crippen molar-refractivity contribution >= 4 is 31.9 Å². The van der Waals surface area contributed by atoms with Gasteiger partial charge in [0.05, 0.1) is 17.6 Å². The van der Waals surface area contributed by atoms with Crippen molar-refractivity contribution in [3.8, 4) is 17.2 Å². The summed E-state index contributed by atoms with van der Waals surface area (Å²) in [5, 5.41) is 13.6. The summed E-state index contributed by atoms with van der Waals surface area (Å²) in [6, 6.07) is 7.31. The highest BCUT2D eigenvalue weighted by Gasteiger charge is 2.32. The zero-order valence-corrected chi connectivity index (χ0v) is 18.6. The van der Waals surface area contributed by atoms with E-state index < -0.39 is 6.36 Å². The van der Waals surface area contributed by atoms with Crippen LogP contribution < -0.4 is 14.8 Å². The SMILES string of the molecule is COc1cc([C@@H](c2ccc(OC(F)(F)F)cc2)N2CCNCC2)c(Br)c(Br)c1O. The summed E-state index contributed by atoms with van der Waals surface area (Å²) in [5.74, 6) is -0.00723. The molecule has 1 heterocycles. The summed E-state index contributed by atoms with van der Waals surface area (Å²) in [5.41, 5.74) is 1.61. The highest BCUT2D eigenvalue weighted by Crippen LogP contribution is 2.46. The number of hydrogen-bond donors (Lipinski definition) is 2. The van der Waals surface area contributed by atoms with Crippen LogP contribution in [0.4, 0.5) is 13.2 Å². The fourth-order valence-corrected chi connectivity index (χ4v) is 4.29. The molecular weight excluding hydrogens is 521 g/mol. The molecule has 2 aromatic carbocycles. The number of hydrogen-bond acceptors (Lipinski definition) is 5. The van der Waals surface area contributed by atoms with Crippen LogP contribution in [0.25, 0.3) is 0 Å². The maximum atomic E-state index is 12.5. The highest BCUT2D eigenvalue weighted by atomic mass is 79.9. The van der Waals surface area contributed by atoms with Crippen molar-refractivity contribution in [2.75, 3.05) is 33.3 Å². The van der Waals surface area contributed by atoms with Crippen molar-refractivity contribution in [2.24, 2.45) is 0 Å². The lowest BCUT2D eigenvalue weighted by molar-refractivity contribution is -0.274. The third-order valence-corrected chi connectivity index (χ3v) is 6.79. The first-order chi connectivity index (χ1) is 13.7. The van der Waals surface area contributed by atoms with E-state index >= 15 is 0 Å². The number of phenols is 1. The van der Waals surface area contributed by atoms with Crippen molar-refractivity contribution in [2.45, 2.75) is 12.4 Å². The number of rotatable bonds is 5. The van der Waals surface area contributed by atoms with E-state index in [1.807, 2.05) is 0 Å². The van der Waals surface area contributed by atoms with Gasteiger partial charge >= 0.3 is 6.36 Å². The molecule has 1 fully saturated rings. The predicted octanol–water partition coefficient (Wildman–Crippen LogP) is 4.82. The highest BCUT2D eigenvalue weighted by molar-refractivity contribution is 9.13. The smallest absolute Gasteiger partial charge is 0.503 e. The van der Waals surface area contributed by atoms with Gasteiger partial charge in [0, 0.05) is 30.7 Å². The second kappa shape index (κ2) is 9.11.